The van der Waals surface area contributed by atoms with E-state index in [2.05, 4.69) is 4.98 Å². The van der Waals surface area contributed by atoms with Crippen LogP contribution >= 0.6 is 0 Å². The van der Waals surface area contributed by atoms with E-state index in [1.807, 2.05) is 6.07 Å². The van der Waals surface area contributed by atoms with E-state index >= 15 is 0 Å². The number of hydrogen-bond acceptors (Lipinski definition) is 3. The number of halogens is 1. The molecule has 16 heavy (non-hydrogen) atoms. The summed E-state index contributed by atoms with van der Waals surface area (Å²) in [6.45, 7) is 0. The predicted molar refractivity (Wildman–Crippen MR) is 55.4 cm³/mol. The number of nitrogens with zero attached hydrogens (tertiary/aromatic N) is 2. The van der Waals surface area contributed by atoms with Crippen molar-refractivity contribution in [1.29, 1.82) is 5.26 Å². The van der Waals surface area contributed by atoms with Gasteiger partial charge >= 0.3 is 0 Å². The molecule has 0 saturated heterocycles. The third kappa shape index (κ3) is 2.15. The number of rotatable bonds is 2. The minimum atomic E-state index is -0.468. The Morgan fingerprint density at radius 2 is 2.12 bits per heavy atom. The molecule has 0 aliphatic rings. The molecule has 0 aliphatic heterocycles. The minimum absolute atomic E-state index is 0.144. The summed E-state index contributed by atoms with van der Waals surface area (Å²) < 4.78 is 18.2. The van der Waals surface area contributed by atoms with Crippen molar-refractivity contribution in [2.45, 2.75) is 0 Å². The van der Waals surface area contributed by atoms with Crippen LogP contribution in [0, 0.1) is 17.1 Å². The van der Waals surface area contributed by atoms with Gasteiger partial charge in [-0.25, -0.2) is 9.37 Å². The topological polar surface area (TPSA) is 45.9 Å². The van der Waals surface area contributed by atoms with Crippen molar-refractivity contribution in [3.63, 3.8) is 0 Å². The van der Waals surface area contributed by atoms with E-state index in [0.717, 1.165) is 6.07 Å². The molecule has 3 nitrogen and oxygen atoms in total. The average Bonchev–Trinajstić information content (AvgIpc) is 2.33. The van der Waals surface area contributed by atoms with Gasteiger partial charge < -0.3 is 4.74 Å². The molecule has 0 fully saturated rings. The number of ether oxygens (including phenoxy) is 1. The smallest absolute Gasteiger partial charge is 0.219 e. The number of aromatic nitrogens is 1. The molecule has 2 aromatic rings. The monoisotopic (exact) mass is 214 g/mol. The number of pyridine rings is 1. The maximum atomic E-state index is 12.9. The highest BCUT2D eigenvalue weighted by atomic mass is 19.1. The molecule has 4 heteroatoms. The summed E-state index contributed by atoms with van der Waals surface area (Å²) in [7, 11) is 0. The van der Waals surface area contributed by atoms with Gasteiger partial charge in [0.2, 0.25) is 5.88 Å². The Bertz CT molecular complexity index is 534. The van der Waals surface area contributed by atoms with Gasteiger partial charge in [-0.1, -0.05) is 6.07 Å². The van der Waals surface area contributed by atoms with Crippen molar-refractivity contribution >= 4 is 0 Å². The summed E-state index contributed by atoms with van der Waals surface area (Å²) in [5.74, 6) is 0.193. The molecule has 0 spiro atoms. The quantitative estimate of drug-likeness (QED) is 0.772. The highest BCUT2D eigenvalue weighted by molar-refractivity contribution is 5.44. The number of benzene rings is 1. The van der Waals surface area contributed by atoms with Crippen LogP contribution in [-0.2, 0) is 0 Å². The Labute approximate surface area is 91.7 Å². The van der Waals surface area contributed by atoms with Crippen molar-refractivity contribution in [1.82, 2.24) is 4.98 Å². The van der Waals surface area contributed by atoms with Gasteiger partial charge in [-0.05, 0) is 24.3 Å². The molecule has 1 aromatic carbocycles. The fraction of sp³-hybridized carbons (Fsp3) is 0. The summed E-state index contributed by atoms with van der Waals surface area (Å²) in [6.07, 6.45) is 1.57. The van der Waals surface area contributed by atoms with E-state index in [4.69, 9.17) is 10.00 Å². The van der Waals surface area contributed by atoms with E-state index in [9.17, 15) is 4.39 Å². The molecule has 0 N–H and O–H groups in total. The first kappa shape index (κ1) is 10.1. The number of nitriles is 1. The van der Waals surface area contributed by atoms with Crippen LogP contribution in [0.4, 0.5) is 4.39 Å². The molecule has 1 heterocycles. The molecule has 0 amide bonds. The van der Waals surface area contributed by atoms with E-state index in [-0.39, 0.29) is 5.56 Å². The maximum Gasteiger partial charge on any atom is 0.219 e. The average molecular weight is 214 g/mol. The summed E-state index contributed by atoms with van der Waals surface area (Å²) in [6, 6.07) is 10.8. The molecule has 1 aromatic heterocycles. The molecule has 0 aliphatic carbocycles. The zero-order chi connectivity index (χ0) is 11.4. The van der Waals surface area contributed by atoms with Gasteiger partial charge in [0.05, 0.1) is 5.56 Å². The van der Waals surface area contributed by atoms with Crippen LogP contribution in [0.2, 0.25) is 0 Å². The summed E-state index contributed by atoms with van der Waals surface area (Å²) in [4.78, 5) is 3.95. The van der Waals surface area contributed by atoms with Gasteiger partial charge in [0, 0.05) is 12.3 Å². The first-order chi connectivity index (χ1) is 7.79. The van der Waals surface area contributed by atoms with Crippen LogP contribution < -0.4 is 4.74 Å². The van der Waals surface area contributed by atoms with Gasteiger partial charge in [-0.15, -0.1) is 0 Å². The molecular formula is C12H7FN2O. The molecule has 0 atom stereocenters. The minimum Gasteiger partial charge on any atom is -0.438 e. The molecule has 78 valence electrons. The van der Waals surface area contributed by atoms with Gasteiger partial charge in [0.1, 0.15) is 17.6 Å². The number of hydrogen-bond donors (Lipinski definition) is 0. The second-order valence-electron chi connectivity index (χ2n) is 3.02. The first-order valence-corrected chi connectivity index (χ1v) is 4.58. The van der Waals surface area contributed by atoms with Crippen LogP contribution in [0.5, 0.6) is 11.6 Å². The van der Waals surface area contributed by atoms with Crippen LogP contribution in [0.15, 0.2) is 42.6 Å². The molecule has 2 rings (SSSR count). The zero-order valence-corrected chi connectivity index (χ0v) is 8.22. The zero-order valence-electron chi connectivity index (χ0n) is 8.22. The lowest BCUT2D eigenvalue weighted by molar-refractivity contribution is 0.460. The lowest BCUT2D eigenvalue weighted by atomic mass is 10.2. The van der Waals surface area contributed by atoms with Crippen molar-refractivity contribution in [2.24, 2.45) is 0 Å². The van der Waals surface area contributed by atoms with Gasteiger partial charge in [0.15, 0.2) is 0 Å². The highest BCUT2D eigenvalue weighted by Gasteiger charge is 2.06. The SMILES string of the molecule is N#Cc1cc(F)ccc1Oc1ccccn1. The van der Waals surface area contributed by atoms with E-state index in [1.165, 1.54) is 12.1 Å². The standard InChI is InChI=1S/C12H7FN2O/c13-10-4-5-11(9(7-10)8-14)16-12-3-1-2-6-15-12/h1-7H. The lowest BCUT2D eigenvalue weighted by Crippen LogP contribution is -1.90. The van der Waals surface area contributed by atoms with Crippen LogP contribution in [0.25, 0.3) is 0 Å². The van der Waals surface area contributed by atoms with Crippen LogP contribution in [0.3, 0.4) is 0 Å². The normalized spacial score (nSPS) is 9.50. The molecule has 0 unspecified atom stereocenters. The van der Waals surface area contributed by atoms with E-state index in [0.29, 0.717) is 11.6 Å². The molecular weight excluding hydrogens is 207 g/mol. The highest BCUT2D eigenvalue weighted by Crippen LogP contribution is 2.23. The van der Waals surface area contributed by atoms with Crippen molar-refractivity contribution < 1.29 is 9.13 Å². The fourth-order valence-corrected chi connectivity index (χ4v) is 1.20. The van der Waals surface area contributed by atoms with Gasteiger partial charge in [-0.3, -0.25) is 0 Å². The summed E-state index contributed by atoms with van der Waals surface area (Å²) in [5, 5.41) is 8.80. The third-order valence-corrected chi connectivity index (χ3v) is 1.91. The van der Waals surface area contributed by atoms with Crippen LogP contribution in [-0.4, -0.2) is 4.98 Å². The summed E-state index contributed by atoms with van der Waals surface area (Å²) in [5.41, 5.74) is 0.144. The van der Waals surface area contributed by atoms with Crippen molar-refractivity contribution in [2.75, 3.05) is 0 Å². The van der Waals surface area contributed by atoms with E-state index in [1.54, 1.807) is 24.4 Å². The van der Waals surface area contributed by atoms with Crippen molar-refractivity contribution in [3.8, 4) is 17.7 Å². The Hall–Kier alpha value is -2.41. The second-order valence-corrected chi connectivity index (χ2v) is 3.02. The molecule has 0 radical (unpaired) electrons. The Morgan fingerprint density at radius 3 is 2.81 bits per heavy atom. The Kier molecular flexibility index (Phi) is 2.79. The van der Waals surface area contributed by atoms with Crippen LogP contribution in [0.1, 0.15) is 5.56 Å². The summed E-state index contributed by atoms with van der Waals surface area (Å²) >= 11 is 0. The Morgan fingerprint density at radius 1 is 1.25 bits per heavy atom. The largest absolute Gasteiger partial charge is 0.438 e. The molecule has 0 saturated carbocycles. The third-order valence-electron chi connectivity index (χ3n) is 1.91. The predicted octanol–water partition coefficient (Wildman–Crippen LogP) is 2.88. The lowest BCUT2D eigenvalue weighted by Gasteiger charge is -2.05. The van der Waals surface area contributed by atoms with Gasteiger partial charge in [0.25, 0.3) is 0 Å². The second kappa shape index (κ2) is 4.41. The van der Waals surface area contributed by atoms with Gasteiger partial charge in [-0.2, -0.15) is 5.26 Å². The van der Waals surface area contributed by atoms with Crippen molar-refractivity contribution in [3.05, 3.63) is 54.0 Å². The maximum absolute atomic E-state index is 12.9. The van der Waals surface area contributed by atoms with E-state index < -0.39 is 5.82 Å². The Balaban J connectivity index is 2.32. The molecule has 0 bridgehead atoms. The first-order valence-electron chi connectivity index (χ1n) is 4.58. The fourth-order valence-electron chi connectivity index (χ4n) is 1.20.